The molecule has 0 bridgehead atoms. The average molecular weight is 507 g/mol. The maximum absolute atomic E-state index is 12.6. The number of hydrogen-bond acceptors (Lipinski definition) is 7. The highest BCUT2D eigenvalue weighted by molar-refractivity contribution is 7.99. The summed E-state index contributed by atoms with van der Waals surface area (Å²) in [5.41, 5.74) is 2.89. The van der Waals surface area contributed by atoms with Gasteiger partial charge in [0.1, 0.15) is 11.6 Å². The van der Waals surface area contributed by atoms with E-state index in [9.17, 15) is 14.4 Å². The minimum Gasteiger partial charge on any atom is -0.494 e. The molecule has 0 radical (unpaired) electrons. The monoisotopic (exact) mass is 506 g/mol. The van der Waals surface area contributed by atoms with E-state index >= 15 is 0 Å². The van der Waals surface area contributed by atoms with E-state index in [2.05, 4.69) is 25.5 Å². The quantitative estimate of drug-likeness (QED) is 0.297. The summed E-state index contributed by atoms with van der Waals surface area (Å²) >= 11 is 1.25. The maximum Gasteiger partial charge on any atom is 0.325 e. The molecule has 4 rings (SSSR count). The number of amides is 1. The van der Waals surface area contributed by atoms with Gasteiger partial charge in [-0.3, -0.25) is 19.1 Å². The van der Waals surface area contributed by atoms with Crippen molar-refractivity contribution in [2.75, 3.05) is 17.7 Å². The third-order valence-corrected chi connectivity index (χ3v) is 6.18. The first kappa shape index (κ1) is 25.0. The van der Waals surface area contributed by atoms with Gasteiger partial charge in [0.05, 0.1) is 18.0 Å². The molecular weight excluding hydrogens is 480 g/mol. The lowest BCUT2D eigenvalue weighted by atomic mass is 10.1. The molecule has 36 heavy (non-hydrogen) atoms. The van der Waals surface area contributed by atoms with Crippen molar-refractivity contribution in [3.8, 4) is 11.4 Å². The molecule has 0 unspecified atom stereocenters. The summed E-state index contributed by atoms with van der Waals surface area (Å²) in [6.07, 6.45) is 0.179. The van der Waals surface area contributed by atoms with E-state index in [1.165, 1.54) is 17.8 Å². The Morgan fingerprint density at radius 2 is 1.83 bits per heavy atom. The number of aromatic amines is 2. The fourth-order valence-corrected chi connectivity index (χ4v) is 4.39. The van der Waals surface area contributed by atoms with E-state index < -0.39 is 11.2 Å². The number of hydrogen-bond donors (Lipinski definition) is 3. The first-order valence-corrected chi connectivity index (χ1v) is 12.3. The third-order valence-electron chi connectivity index (χ3n) is 5.25. The molecule has 0 aliphatic rings. The predicted octanol–water partition coefficient (Wildman–Crippen LogP) is 2.98. The van der Waals surface area contributed by atoms with E-state index in [0.717, 1.165) is 22.6 Å². The van der Waals surface area contributed by atoms with Gasteiger partial charge in [-0.05, 0) is 62.2 Å². The number of nitrogens with zero attached hydrogens (tertiary/aromatic N) is 3. The lowest BCUT2D eigenvalue weighted by molar-refractivity contribution is -0.113. The Balaban J connectivity index is 1.58. The summed E-state index contributed by atoms with van der Waals surface area (Å²) in [6.45, 7) is 6.44. The largest absolute Gasteiger partial charge is 0.494 e. The van der Waals surface area contributed by atoms with Crippen molar-refractivity contribution in [3.63, 3.8) is 0 Å². The number of nitrogens with one attached hydrogen (secondary N) is 3. The molecule has 0 fully saturated rings. The first-order valence-electron chi connectivity index (χ1n) is 11.3. The summed E-state index contributed by atoms with van der Waals surface area (Å²) in [6, 6.07) is 14.5. The number of aryl methyl sites for hydroxylation is 2. The molecule has 0 saturated heterocycles. The molecule has 0 aliphatic carbocycles. The van der Waals surface area contributed by atoms with Crippen LogP contribution >= 0.6 is 11.8 Å². The Morgan fingerprint density at radius 1 is 1.06 bits per heavy atom. The molecule has 0 aliphatic heterocycles. The summed E-state index contributed by atoms with van der Waals surface area (Å²) in [5.74, 6) is 1.18. The Labute approximate surface area is 211 Å². The molecule has 10 nitrogen and oxygen atoms in total. The molecule has 11 heteroatoms. The van der Waals surface area contributed by atoms with Crippen molar-refractivity contribution in [2.24, 2.45) is 0 Å². The second-order valence-electron chi connectivity index (χ2n) is 8.11. The fraction of sp³-hybridized carbons (Fsp3) is 0.240. The molecule has 1 amide bonds. The number of thioether (sulfide) groups is 1. The normalized spacial score (nSPS) is 10.9. The zero-order valence-corrected chi connectivity index (χ0v) is 20.9. The summed E-state index contributed by atoms with van der Waals surface area (Å²) in [5, 5.41) is 12.0. The minimum absolute atomic E-state index is 0.109. The lowest BCUT2D eigenvalue weighted by Gasteiger charge is -2.14. The SMILES string of the molecule is CCOc1ccc(NC(=O)CSc2nnc(Cc3cc(=O)[nH]c(=O)[nH]3)n2-c2cc(C)ccc2C)cc1. The second kappa shape index (κ2) is 11.1. The minimum atomic E-state index is -0.587. The standard InChI is InChI=1S/C25H26N6O4S/c1-4-35-19-9-7-17(8-10-19)26-23(33)14-36-25-30-29-21(12-18-13-22(32)28-24(34)27-18)31(25)20-11-15(2)5-6-16(20)3/h5-11,13H,4,12,14H2,1-3H3,(H,26,33)(H2,27,28,32,34). The number of aromatic nitrogens is 5. The average Bonchev–Trinajstić information content (AvgIpc) is 3.22. The third kappa shape index (κ3) is 6.11. The fourth-order valence-electron chi connectivity index (χ4n) is 3.62. The van der Waals surface area contributed by atoms with Gasteiger partial charge in [0.25, 0.3) is 5.56 Å². The van der Waals surface area contributed by atoms with Crippen LogP contribution in [-0.4, -0.2) is 43.0 Å². The van der Waals surface area contributed by atoms with Crippen LogP contribution in [0.1, 0.15) is 29.6 Å². The number of rotatable bonds is 9. The number of carbonyl (C=O) groups is 1. The van der Waals surface area contributed by atoms with Crippen molar-refractivity contribution in [1.82, 2.24) is 24.7 Å². The number of ether oxygens (including phenoxy) is 1. The molecule has 2 aromatic heterocycles. The highest BCUT2D eigenvalue weighted by Gasteiger charge is 2.18. The summed E-state index contributed by atoms with van der Waals surface area (Å²) < 4.78 is 7.29. The molecule has 0 atom stereocenters. The van der Waals surface area contributed by atoms with Crippen LogP contribution in [0.4, 0.5) is 5.69 Å². The van der Waals surface area contributed by atoms with Crippen LogP contribution in [0.5, 0.6) is 5.75 Å². The van der Waals surface area contributed by atoms with E-state index in [1.54, 1.807) is 24.3 Å². The smallest absolute Gasteiger partial charge is 0.325 e. The summed E-state index contributed by atoms with van der Waals surface area (Å²) in [7, 11) is 0. The Kier molecular flexibility index (Phi) is 7.69. The van der Waals surface area contributed by atoms with Crippen molar-refractivity contribution >= 4 is 23.4 Å². The van der Waals surface area contributed by atoms with Gasteiger partial charge in [-0.15, -0.1) is 10.2 Å². The number of H-pyrrole nitrogens is 2. The van der Waals surface area contributed by atoms with Crippen LogP contribution < -0.4 is 21.3 Å². The van der Waals surface area contributed by atoms with Crippen LogP contribution in [0.15, 0.2) is 63.3 Å². The topological polar surface area (TPSA) is 135 Å². The van der Waals surface area contributed by atoms with Crippen LogP contribution in [-0.2, 0) is 11.2 Å². The Hall–Kier alpha value is -4.12. The van der Waals surface area contributed by atoms with Crippen molar-refractivity contribution in [2.45, 2.75) is 32.3 Å². The van der Waals surface area contributed by atoms with Crippen LogP contribution in [0.2, 0.25) is 0 Å². The maximum atomic E-state index is 12.6. The van der Waals surface area contributed by atoms with Gasteiger partial charge in [0.15, 0.2) is 5.16 Å². The molecule has 3 N–H and O–H groups in total. The molecule has 2 aromatic carbocycles. The zero-order valence-electron chi connectivity index (χ0n) is 20.1. The lowest BCUT2D eigenvalue weighted by Crippen LogP contribution is -2.23. The van der Waals surface area contributed by atoms with Crippen LogP contribution in [0.25, 0.3) is 5.69 Å². The van der Waals surface area contributed by atoms with E-state index in [4.69, 9.17) is 4.74 Å². The Morgan fingerprint density at radius 3 is 2.56 bits per heavy atom. The molecule has 186 valence electrons. The van der Waals surface area contributed by atoms with Gasteiger partial charge in [-0.2, -0.15) is 0 Å². The highest BCUT2D eigenvalue weighted by atomic mass is 32.2. The van der Waals surface area contributed by atoms with Crippen molar-refractivity contribution in [3.05, 3.63) is 92.0 Å². The van der Waals surface area contributed by atoms with Crippen LogP contribution in [0, 0.1) is 13.8 Å². The van der Waals surface area contributed by atoms with Gasteiger partial charge in [-0.1, -0.05) is 23.9 Å². The first-order chi connectivity index (χ1) is 17.3. The number of anilines is 1. The second-order valence-corrected chi connectivity index (χ2v) is 9.05. The van der Waals surface area contributed by atoms with E-state index in [0.29, 0.717) is 29.0 Å². The van der Waals surface area contributed by atoms with E-state index in [1.807, 2.05) is 43.5 Å². The zero-order chi connectivity index (χ0) is 25.7. The van der Waals surface area contributed by atoms with Gasteiger partial charge in [0.2, 0.25) is 5.91 Å². The summed E-state index contributed by atoms with van der Waals surface area (Å²) in [4.78, 5) is 40.9. The van der Waals surface area contributed by atoms with Crippen molar-refractivity contribution in [1.29, 1.82) is 0 Å². The molecular formula is C25H26N6O4S. The number of benzene rings is 2. The Bertz CT molecular complexity index is 1460. The van der Waals surface area contributed by atoms with Gasteiger partial charge in [0, 0.05) is 23.9 Å². The highest BCUT2D eigenvalue weighted by Crippen LogP contribution is 2.26. The molecule has 4 aromatic rings. The molecule has 2 heterocycles. The van der Waals surface area contributed by atoms with Gasteiger partial charge < -0.3 is 15.0 Å². The van der Waals surface area contributed by atoms with Gasteiger partial charge >= 0.3 is 5.69 Å². The van der Waals surface area contributed by atoms with E-state index in [-0.39, 0.29) is 18.1 Å². The number of carbonyl (C=O) groups excluding carboxylic acids is 1. The van der Waals surface area contributed by atoms with Gasteiger partial charge in [-0.25, -0.2) is 4.79 Å². The van der Waals surface area contributed by atoms with Crippen LogP contribution in [0.3, 0.4) is 0 Å². The molecule has 0 spiro atoms. The van der Waals surface area contributed by atoms with Crippen molar-refractivity contribution < 1.29 is 9.53 Å². The predicted molar refractivity (Wildman–Crippen MR) is 138 cm³/mol. The molecule has 0 saturated carbocycles.